The number of piperidine rings is 1. The van der Waals surface area contributed by atoms with Gasteiger partial charge in [-0.05, 0) is 103 Å². The molecule has 374 valence electrons. The third-order valence-corrected chi connectivity index (χ3v) is 17.3. The van der Waals surface area contributed by atoms with Gasteiger partial charge in [0.2, 0.25) is 11.8 Å². The summed E-state index contributed by atoms with van der Waals surface area (Å²) >= 11 is 6.33. The number of carbonyl (C=O) groups excluding carboxylic acids is 2. The molecular formula is C52H61ClN10O7S. The highest BCUT2D eigenvalue weighted by atomic mass is 35.5. The predicted molar refractivity (Wildman–Crippen MR) is 276 cm³/mol. The van der Waals surface area contributed by atoms with Crippen LogP contribution in [0.2, 0.25) is 5.02 Å². The van der Waals surface area contributed by atoms with Crippen LogP contribution in [-0.4, -0.2) is 124 Å². The molecule has 19 heteroatoms. The lowest BCUT2D eigenvalue weighted by Crippen LogP contribution is -2.47. The van der Waals surface area contributed by atoms with E-state index in [1.807, 2.05) is 41.3 Å². The van der Waals surface area contributed by atoms with Crippen LogP contribution in [0.25, 0.3) is 16.6 Å². The third-order valence-electron chi connectivity index (χ3n) is 15.8. The molecule has 4 N–H and O–H groups in total. The van der Waals surface area contributed by atoms with Gasteiger partial charge in [-0.25, -0.2) is 13.1 Å². The first-order valence-electron chi connectivity index (χ1n) is 24.9. The number of rotatable bonds is 15. The van der Waals surface area contributed by atoms with Crippen molar-refractivity contribution in [2.24, 2.45) is 17.3 Å². The van der Waals surface area contributed by atoms with Gasteiger partial charge in [0.25, 0.3) is 21.6 Å². The number of halogens is 1. The molecule has 6 heterocycles. The van der Waals surface area contributed by atoms with Crippen LogP contribution in [-0.2, 0) is 14.8 Å². The molecule has 0 bridgehead atoms. The van der Waals surface area contributed by atoms with E-state index in [0.29, 0.717) is 54.5 Å². The second-order valence-corrected chi connectivity index (χ2v) is 21.8. The van der Waals surface area contributed by atoms with Crippen molar-refractivity contribution < 1.29 is 27.7 Å². The average Bonchev–Trinajstić information content (AvgIpc) is 4.01. The monoisotopic (exact) mass is 1000 g/mol. The van der Waals surface area contributed by atoms with Crippen LogP contribution in [0.15, 0.2) is 89.5 Å². The summed E-state index contributed by atoms with van der Waals surface area (Å²) in [6.07, 6.45) is 8.16. The average molecular weight is 1010 g/mol. The van der Waals surface area contributed by atoms with E-state index >= 15 is 0 Å². The number of nitro groups is 1. The van der Waals surface area contributed by atoms with Crippen molar-refractivity contribution in [3.8, 4) is 5.88 Å². The number of fused-ring (bicyclic) bond motifs is 3. The number of hydrogen-bond acceptors (Lipinski definition) is 13. The highest BCUT2D eigenvalue weighted by Crippen LogP contribution is 2.48. The highest BCUT2D eigenvalue weighted by molar-refractivity contribution is 7.90. The van der Waals surface area contributed by atoms with Crippen LogP contribution >= 0.6 is 11.6 Å². The van der Waals surface area contributed by atoms with Crippen molar-refractivity contribution >= 4 is 78.5 Å². The number of carbonyl (C=O) groups is 2. The highest BCUT2D eigenvalue weighted by Gasteiger charge is 2.39. The Morgan fingerprint density at radius 1 is 0.972 bits per heavy atom. The topological polar surface area (TPSA) is 198 Å². The van der Waals surface area contributed by atoms with Crippen LogP contribution < -0.4 is 29.9 Å². The van der Waals surface area contributed by atoms with Crippen LogP contribution in [0.1, 0.15) is 68.3 Å². The van der Waals surface area contributed by atoms with Crippen molar-refractivity contribution in [2.75, 3.05) is 93.7 Å². The zero-order chi connectivity index (χ0) is 49.4. The summed E-state index contributed by atoms with van der Waals surface area (Å²) in [6, 6.07) is 21.2. The van der Waals surface area contributed by atoms with Gasteiger partial charge in [0.1, 0.15) is 23.6 Å². The number of anilines is 4. The number of nitrogens with one attached hydrogen (secondary N) is 4. The minimum Gasteiger partial charge on any atom is -0.474 e. The first kappa shape index (κ1) is 48.4. The SMILES string of the molecule is CCC1(CC)CCC(CN2CCN(c3ccc(C(=O)NS(=O)(=O)c4ccc(NCCN5CCC6C(=O)NCC6C5)c([N+](=O)[O-])c4)c(N4CCOc5nc6[nH]ccc6cc54)c3)CC2)=C(c2ccc(Cl)cc2)C1. The summed E-state index contributed by atoms with van der Waals surface area (Å²) < 4.78 is 36.3. The maximum Gasteiger partial charge on any atom is 0.293 e. The fourth-order valence-corrected chi connectivity index (χ4v) is 12.5. The normalized spacial score (nSPS) is 20.6. The molecule has 2 unspecified atom stereocenters. The predicted octanol–water partition coefficient (Wildman–Crippen LogP) is 7.82. The van der Waals surface area contributed by atoms with E-state index in [0.717, 1.165) is 100 Å². The van der Waals surface area contributed by atoms with Gasteiger partial charge in [0.15, 0.2) is 0 Å². The third kappa shape index (κ3) is 10.0. The van der Waals surface area contributed by atoms with Gasteiger partial charge in [0.05, 0.1) is 27.6 Å². The fraction of sp³-hybridized carbons (Fsp3) is 0.442. The van der Waals surface area contributed by atoms with Crippen LogP contribution in [0, 0.1) is 27.4 Å². The van der Waals surface area contributed by atoms with Gasteiger partial charge in [0, 0.05) is 99.1 Å². The number of likely N-dealkylation sites (tertiary alicyclic amines) is 1. The number of aromatic nitrogens is 2. The quantitative estimate of drug-likeness (QED) is 0.0586. The maximum absolute atomic E-state index is 14.4. The lowest BCUT2D eigenvalue weighted by atomic mass is 9.67. The molecule has 71 heavy (non-hydrogen) atoms. The van der Waals surface area contributed by atoms with Crippen LogP contribution in [0.3, 0.4) is 0 Å². The van der Waals surface area contributed by atoms with Gasteiger partial charge >= 0.3 is 0 Å². The summed E-state index contributed by atoms with van der Waals surface area (Å²) in [7, 11) is -4.60. The van der Waals surface area contributed by atoms with E-state index in [2.05, 4.69) is 61.0 Å². The number of allylic oxidation sites excluding steroid dienone is 1. The second-order valence-electron chi connectivity index (χ2n) is 19.7. The number of nitrogens with zero attached hydrogens (tertiary/aromatic N) is 6. The maximum atomic E-state index is 14.4. The molecule has 4 aliphatic heterocycles. The van der Waals surface area contributed by atoms with Crippen molar-refractivity contribution in [3.63, 3.8) is 0 Å². The Morgan fingerprint density at radius 3 is 2.55 bits per heavy atom. The number of benzene rings is 3. The molecule has 3 aromatic carbocycles. The van der Waals surface area contributed by atoms with Crippen molar-refractivity contribution in [1.82, 2.24) is 29.8 Å². The van der Waals surface area contributed by atoms with Gasteiger partial charge in [-0.15, -0.1) is 0 Å². The summed E-state index contributed by atoms with van der Waals surface area (Å²) in [5.74, 6) is -0.128. The Hall–Kier alpha value is -6.21. The van der Waals surface area contributed by atoms with Gasteiger partial charge in [-0.1, -0.05) is 56.0 Å². The molecule has 2 aromatic heterocycles. The Labute approximate surface area is 419 Å². The molecule has 3 fully saturated rings. The van der Waals surface area contributed by atoms with E-state index < -0.39 is 31.4 Å². The van der Waals surface area contributed by atoms with E-state index in [9.17, 15) is 28.1 Å². The second kappa shape index (κ2) is 20.1. The molecular weight excluding hydrogens is 944 g/mol. The Kier molecular flexibility index (Phi) is 13.7. The molecule has 0 radical (unpaired) electrons. The molecule has 5 aromatic rings. The number of pyridine rings is 1. The molecule has 17 nitrogen and oxygen atoms in total. The summed E-state index contributed by atoms with van der Waals surface area (Å²) in [5, 5.41) is 19.9. The number of hydrogen-bond donors (Lipinski definition) is 4. The molecule has 1 aliphatic carbocycles. The molecule has 3 saturated heterocycles. The van der Waals surface area contributed by atoms with Crippen molar-refractivity contribution in [1.29, 1.82) is 0 Å². The van der Waals surface area contributed by atoms with Gasteiger partial charge < -0.3 is 35.1 Å². The smallest absolute Gasteiger partial charge is 0.293 e. The minimum atomic E-state index is -4.60. The largest absolute Gasteiger partial charge is 0.474 e. The Balaban J connectivity index is 0.876. The fourth-order valence-electron chi connectivity index (χ4n) is 11.4. The zero-order valence-electron chi connectivity index (χ0n) is 40.2. The number of piperazine rings is 1. The first-order valence-corrected chi connectivity index (χ1v) is 26.7. The summed E-state index contributed by atoms with van der Waals surface area (Å²) in [5.41, 5.74) is 6.95. The van der Waals surface area contributed by atoms with Crippen molar-refractivity contribution in [2.45, 2.75) is 57.3 Å². The number of sulfonamides is 1. The molecule has 0 spiro atoms. The van der Waals surface area contributed by atoms with Crippen LogP contribution in [0.5, 0.6) is 5.88 Å². The molecule has 10 rings (SSSR count). The van der Waals surface area contributed by atoms with Crippen LogP contribution in [0.4, 0.5) is 28.4 Å². The lowest BCUT2D eigenvalue weighted by Gasteiger charge is -2.41. The molecule has 2 atom stereocenters. The van der Waals surface area contributed by atoms with E-state index in [-0.39, 0.29) is 35.6 Å². The lowest BCUT2D eigenvalue weighted by molar-refractivity contribution is -0.384. The molecule has 5 aliphatic rings. The van der Waals surface area contributed by atoms with E-state index in [1.165, 1.54) is 35.3 Å². The summed E-state index contributed by atoms with van der Waals surface area (Å²) in [4.78, 5) is 54.6. The number of ether oxygens (including phenoxy) is 1. The van der Waals surface area contributed by atoms with E-state index in [4.69, 9.17) is 21.3 Å². The number of amides is 2. The molecule has 0 saturated carbocycles. The molecule has 2 amide bonds. The first-order chi connectivity index (χ1) is 34.3. The Morgan fingerprint density at radius 2 is 1.77 bits per heavy atom. The number of aromatic amines is 1. The zero-order valence-corrected chi connectivity index (χ0v) is 41.8. The van der Waals surface area contributed by atoms with Crippen molar-refractivity contribution in [3.05, 3.63) is 111 Å². The number of H-pyrrole nitrogens is 1. The van der Waals surface area contributed by atoms with E-state index in [1.54, 1.807) is 12.3 Å². The van der Waals surface area contributed by atoms with Gasteiger partial charge in [-0.2, -0.15) is 4.98 Å². The van der Waals surface area contributed by atoms with Gasteiger partial charge in [-0.3, -0.25) is 24.6 Å². The standard InChI is InChI=1S/C52H61ClN10O7S/c1-3-52(4-2)16-13-36(43(30-52)34-5-7-38(53)8-6-34)32-60-21-23-61(24-22-60)39-9-11-42(45(28-39)62-25-26-70-51-47(62)27-35-14-17-55-48(35)57-51)50(65)58-71(68,69)40-10-12-44(46(29-40)63(66)67)54-18-20-59-19-15-41-37(33-59)31-56-49(41)64/h5-12,14,17,27-29,37,41,54H,3-4,13,15-16,18-26,30-33H2,1-2H3,(H,55,57)(H,56,64)(H,58,65). The summed E-state index contributed by atoms with van der Waals surface area (Å²) in [6.45, 7) is 12.4. The number of nitro benzene ring substituents is 1. The minimum absolute atomic E-state index is 0.0338. The Bertz CT molecular complexity index is 2990.